The zero-order chi connectivity index (χ0) is 42.6. The van der Waals surface area contributed by atoms with Gasteiger partial charge in [0, 0.05) is 72.9 Å². The normalized spacial score (nSPS) is 11.3. The maximum absolute atomic E-state index is 5.32. The van der Waals surface area contributed by atoms with Crippen molar-refractivity contribution in [3.8, 4) is 45.0 Å². The second kappa shape index (κ2) is 19.4. The number of benzene rings is 6. The summed E-state index contributed by atoms with van der Waals surface area (Å²) in [4.78, 5) is 29.7. The van der Waals surface area contributed by atoms with E-state index in [1.807, 2.05) is 42.7 Å². The number of nitrogens with zero attached hydrogens (tertiary/aromatic N) is 7. The number of fused-ring (bicyclic) bond motifs is 9. The molecule has 1 radical (unpaired) electrons. The van der Waals surface area contributed by atoms with E-state index in [2.05, 4.69) is 158 Å². The van der Waals surface area contributed by atoms with Crippen molar-refractivity contribution >= 4 is 49.3 Å². The molecular weight excluding hydrogens is 1040 g/mol. The fourth-order valence-electron chi connectivity index (χ4n) is 8.30. The molecule has 0 saturated heterocycles. The Morgan fingerprint density at radius 2 is 0.937 bits per heavy atom. The Hall–Kier alpha value is -6.22. The van der Waals surface area contributed by atoms with Crippen LogP contribution in [0.1, 0.15) is 38.9 Å². The van der Waals surface area contributed by atoms with Crippen LogP contribution in [0.3, 0.4) is 0 Å². The molecule has 0 atom stereocenters. The SMILES string of the molecule is Cc1ccc2c([n-]c3ccccc32)c1-c1ncccn1.Cc1ccc2c(c1-c1ncccn1)Cc1ccccc1-2.Cc1ccc2c(c1Br)Cc1ccccc1-2.Clc1ncccn1.[Ir]. The Morgan fingerprint density at radius 1 is 0.460 bits per heavy atom. The van der Waals surface area contributed by atoms with Gasteiger partial charge in [-0.15, -0.1) is 11.0 Å². The molecule has 0 unspecified atom stereocenters. The summed E-state index contributed by atoms with van der Waals surface area (Å²) in [6.45, 7) is 6.35. The summed E-state index contributed by atoms with van der Waals surface area (Å²) in [7, 11) is 0. The van der Waals surface area contributed by atoms with E-state index in [1.54, 1.807) is 30.9 Å². The quantitative estimate of drug-likeness (QED) is 0.159. The second-order valence-electron chi connectivity index (χ2n) is 15.1. The number of hydrogen-bond donors (Lipinski definition) is 0. The van der Waals surface area contributed by atoms with Crippen LogP contribution in [-0.2, 0) is 32.9 Å². The molecule has 12 rings (SSSR count). The molecule has 10 aromatic rings. The third-order valence-electron chi connectivity index (χ3n) is 11.2. The third kappa shape index (κ3) is 9.01. The molecular formula is C53H40BrClIrN7-. The molecule has 6 aromatic carbocycles. The molecule has 4 aromatic heterocycles. The van der Waals surface area contributed by atoms with Gasteiger partial charge in [-0.2, -0.15) is 0 Å². The first-order chi connectivity index (χ1) is 30.4. The molecule has 0 N–H and O–H groups in total. The van der Waals surface area contributed by atoms with Gasteiger partial charge < -0.3 is 4.98 Å². The molecule has 0 saturated carbocycles. The summed E-state index contributed by atoms with van der Waals surface area (Å²) >= 11 is 9.01. The molecule has 0 fully saturated rings. The number of para-hydroxylation sites is 1. The first-order valence-corrected chi connectivity index (χ1v) is 21.5. The number of hydrogen-bond acceptors (Lipinski definition) is 6. The van der Waals surface area contributed by atoms with Gasteiger partial charge in [-0.3, -0.25) is 0 Å². The van der Waals surface area contributed by atoms with Crippen LogP contribution in [0.2, 0.25) is 5.28 Å². The van der Waals surface area contributed by atoms with E-state index < -0.39 is 0 Å². The molecule has 0 bridgehead atoms. The third-order valence-corrected chi connectivity index (χ3v) is 12.5. The van der Waals surface area contributed by atoms with Gasteiger partial charge in [0.15, 0.2) is 11.6 Å². The van der Waals surface area contributed by atoms with Crippen molar-refractivity contribution in [1.29, 1.82) is 0 Å². The zero-order valence-electron chi connectivity index (χ0n) is 34.7. The Morgan fingerprint density at radius 3 is 1.54 bits per heavy atom. The maximum Gasteiger partial charge on any atom is 0.222 e. The molecule has 0 amide bonds. The van der Waals surface area contributed by atoms with Crippen LogP contribution in [0, 0.1) is 20.8 Å². The summed E-state index contributed by atoms with van der Waals surface area (Å²) in [5.41, 5.74) is 19.0. The summed E-state index contributed by atoms with van der Waals surface area (Å²) < 4.78 is 1.27. The average Bonchev–Trinajstić information content (AvgIpc) is 4.01. The minimum absolute atomic E-state index is 0. The van der Waals surface area contributed by atoms with Gasteiger partial charge in [-0.1, -0.05) is 125 Å². The van der Waals surface area contributed by atoms with E-state index in [-0.39, 0.29) is 20.1 Å². The number of rotatable bonds is 2. The fraction of sp³-hybridized carbons (Fsp3) is 0.0943. The molecule has 63 heavy (non-hydrogen) atoms. The Kier molecular flexibility index (Phi) is 13.4. The molecule has 311 valence electrons. The summed E-state index contributed by atoms with van der Waals surface area (Å²) in [5.74, 6) is 1.56. The smallest absolute Gasteiger partial charge is 0.222 e. The fourth-order valence-corrected chi connectivity index (χ4v) is 8.89. The van der Waals surface area contributed by atoms with Crippen LogP contribution in [0.25, 0.3) is 66.8 Å². The minimum Gasteiger partial charge on any atom is -0.656 e. The predicted molar refractivity (Wildman–Crippen MR) is 255 cm³/mol. The number of aromatic nitrogens is 7. The van der Waals surface area contributed by atoms with Crippen LogP contribution in [0.4, 0.5) is 0 Å². The molecule has 10 heteroatoms. The number of halogens is 2. The minimum atomic E-state index is 0. The van der Waals surface area contributed by atoms with Crippen LogP contribution in [0.15, 0.2) is 169 Å². The average molecular weight is 1080 g/mol. The Balaban J connectivity index is 0.000000120. The van der Waals surface area contributed by atoms with E-state index >= 15 is 0 Å². The van der Waals surface area contributed by atoms with Gasteiger partial charge >= 0.3 is 0 Å². The molecule has 2 aliphatic rings. The van der Waals surface area contributed by atoms with Gasteiger partial charge in [-0.05, 0) is 135 Å². The van der Waals surface area contributed by atoms with Crippen molar-refractivity contribution < 1.29 is 20.1 Å². The van der Waals surface area contributed by atoms with Crippen LogP contribution in [0.5, 0.6) is 0 Å². The Bertz CT molecular complexity index is 3200. The topological polar surface area (TPSA) is 91.4 Å². The van der Waals surface area contributed by atoms with Crippen LogP contribution >= 0.6 is 27.5 Å². The predicted octanol–water partition coefficient (Wildman–Crippen LogP) is 13.2. The van der Waals surface area contributed by atoms with Crippen LogP contribution < -0.4 is 4.98 Å². The van der Waals surface area contributed by atoms with Gasteiger partial charge in [0.1, 0.15) is 0 Å². The molecule has 0 aliphatic heterocycles. The summed E-state index contributed by atoms with van der Waals surface area (Å²) in [6, 6.07) is 44.0. The van der Waals surface area contributed by atoms with E-state index in [1.165, 1.54) is 71.1 Å². The monoisotopic (exact) mass is 1080 g/mol. The summed E-state index contributed by atoms with van der Waals surface area (Å²) in [6.07, 6.45) is 12.4. The van der Waals surface area contributed by atoms with Crippen molar-refractivity contribution in [2.24, 2.45) is 0 Å². The summed E-state index contributed by atoms with van der Waals surface area (Å²) in [5, 5.41) is 2.64. The van der Waals surface area contributed by atoms with Crippen molar-refractivity contribution in [1.82, 2.24) is 34.9 Å². The van der Waals surface area contributed by atoms with Crippen molar-refractivity contribution in [3.63, 3.8) is 0 Å². The molecule has 7 nitrogen and oxygen atoms in total. The first kappa shape index (κ1) is 43.4. The van der Waals surface area contributed by atoms with Gasteiger partial charge in [-0.25, -0.2) is 29.9 Å². The van der Waals surface area contributed by atoms with E-state index in [0.717, 1.165) is 52.0 Å². The molecule has 2 aliphatic carbocycles. The Labute approximate surface area is 393 Å². The first-order valence-electron chi connectivity index (χ1n) is 20.3. The standard InChI is InChI=1S/C18H14N2.C17H12N3.C14H11Br.C4H3ClN2.Ir/c1-12-7-8-15-14-6-3-2-5-13(14)11-16(15)17(12)18-19-9-4-10-20-18;1-11-7-8-13-12-5-2-3-6-14(12)20-16(13)15(11)17-18-9-4-10-19-17;1-9-6-7-12-11-5-3-2-4-10(11)8-13(12)14(9)15;5-4-6-2-1-3-7-4;/h2-10H,11H2,1H3;2-10H,1H3;2-7H,8H2,1H3;1-3H;/q;-1;;;. The number of aryl methyl sites for hydroxylation is 3. The maximum atomic E-state index is 5.32. The van der Waals surface area contributed by atoms with Crippen molar-refractivity contribution in [2.45, 2.75) is 33.6 Å². The van der Waals surface area contributed by atoms with E-state index in [0.29, 0.717) is 5.28 Å². The van der Waals surface area contributed by atoms with Gasteiger partial charge in [0.05, 0.1) is 0 Å². The zero-order valence-corrected chi connectivity index (χ0v) is 39.5. The molecule has 4 heterocycles. The van der Waals surface area contributed by atoms with Gasteiger partial charge in [0.25, 0.3) is 0 Å². The molecule has 0 spiro atoms. The van der Waals surface area contributed by atoms with Gasteiger partial charge in [0.2, 0.25) is 5.28 Å². The largest absolute Gasteiger partial charge is 0.656 e. The van der Waals surface area contributed by atoms with E-state index in [9.17, 15) is 0 Å². The van der Waals surface area contributed by atoms with E-state index in [4.69, 9.17) is 16.6 Å². The van der Waals surface area contributed by atoms with Crippen molar-refractivity contribution in [2.75, 3.05) is 0 Å². The second-order valence-corrected chi connectivity index (χ2v) is 16.3. The van der Waals surface area contributed by atoms with Crippen LogP contribution in [-0.4, -0.2) is 29.9 Å². The van der Waals surface area contributed by atoms with Crippen molar-refractivity contribution in [3.05, 3.63) is 213 Å².